The summed E-state index contributed by atoms with van der Waals surface area (Å²) < 4.78 is 10.7. The van der Waals surface area contributed by atoms with E-state index < -0.39 is 28.9 Å². The molecular weight excluding hydrogens is 472 g/mol. The van der Waals surface area contributed by atoms with E-state index in [2.05, 4.69) is 6.58 Å². The summed E-state index contributed by atoms with van der Waals surface area (Å²) in [6, 6.07) is 13.7. The number of fused-ring (bicyclic) bond motifs is 2. The number of methoxy groups -OCH3 is 1. The fourth-order valence-electron chi connectivity index (χ4n) is 5.08. The van der Waals surface area contributed by atoms with Crippen molar-refractivity contribution in [2.75, 3.05) is 38.3 Å². The van der Waals surface area contributed by atoms with Crippen molar-refractivity contribution in [2.24, 2.45) is 0 Å². The fourth-order valence-corrected chi connectivity index (χ4v) is 5.08. The zero-order valence-electron chi connectivity index (χ0n) is 21.2. The SMILES string of the molecule is C=CCOc1ccc(/C(O)=C2\C(=O)C(=O)N(CCCOC)C23C(=O)N(CCCC)c2ccccc23)cc1. The second-order valence-corrected chi connectivity index (χ2v) is 9.02. The summed E-state index contributed by atoms with van der Waals surface area (Å²) in [7, 11) is 1.55. The van der Waals surface area contributed by atoms with E-state index in [0.717, 1.165) is 12.8 Å². The van der Waals surface area contributed by atoms with Crippen molar-refractivity contribution >= 4 is 29.0 Å². The molecule has 2 aromatic rings. The highest BCUT2D eigenvalue weighted by Gasteiger charge is 2.66. The molecule has 1 N–H and O–H groups in total. The number of aliphatic hydroxyl groups excluding tert-OH is 1. The molecule has 1 saturated heterocycles. The van der Waals surface area contributed by atoms with E-state index in [9.17, 15) is 19.5 Å². The lowest BCUT2D eigenvalue weighted by Crippen LogP contribution is -2.52. The van der Waals surface area contributed by atoms with E-state index in [4.69, 9.17) is 9.47 Å². The number of nitrogens with zero attached hydrogens (tertiary/aromatic N) is 2. The number of benzene rings is 2. The molecule has 2 aromatic carbocycles. The Bertz CT molecular complexity index is 1240. The van der Waals surface area contributed by atoms with Gasteiger partial charge in [0.15, 0.2) is 5.54 Å². The molecule has 0 aromatic heterocycles. The van der Waals surface area contributed by atoms with Crippen LogP contribution in [-0.2, 0) is 24.7 Å². The van der Waals surface area contributed by atoms with Gasteiger partial charge in [-0.2, -0.15) is 0 Å². The molecule has 0 saturated carbocycles. The summed E-state index contributed by atoms with van der Waals surface area (Å²) in [5.74, 6) is -1.96. The minimum absolute atomic E-state index is 0.116. The molecule has 1 fully saturated rings. The third-order valence-corrected chi connectivity index (χ3v) is 6.77. The van der Waals surface area contributed by atoms with Crippen LogP contribution in [0.4, 0.5) is 5.69 Å². The monoisotopic (exact) mass is 504 g/mol. The summed E-state index contributed by atoms with van der Waals surface area (Å²) >= 11 is 0. The van der Waals surface area contributed by atoms with Gasteiger partial charge in [-0.25, -0.2) is 0 Å². The predicted octanol–water partition coefficient (Wildman–Crippen LogP) is 4.01. The number of anilines is 1. The number of Topliss-reactive ketones (excluding diaryl/α,β-unsaturated/α-hetero) is 1. The number of carbonyl (C=O) groups is 3. The Morgan fingerprint density at radius 2 is 1.78 bits per heavy atom. The van der Waals surface area contributed by atoms with Crippen LogP contribution in [0.3, 0.4) is 0 Å². The van der Waals surface area contributed by atoms with Crippen LogP contribution >= 0.6 is 0 Å². The van der Waals surface area contributed by atoms with Crippen LogP contribution in [0.5, 0.6) is 5.75 Å². The van der Waals surface area contributed by atoms with Crippen molar-refractivity contribution in [3.05, 3.63) is 77.9 Å². The molecule has 0 radical (unpaired) electrons. The third kappa shape index (κ3) is 4.31. The number of unbranched alkanes of at least 4 members (excludes halogenated alkanes) is 1. The smallest absolute Gasteiger partial charge is 0.296 e. The Balaban J connectivity index is 1.92. The number of aliphatic hydroxyl groups is 1. The van der Waals surface area contributed by atoms with E-state index >= 15 is 0 Å². The molecule has 8 heteroatoms. The predicted molar refractivity (Wildman–Crippen MR) is 140 cm³/mol. The van der Waals surface area contributed by atoms with E-state index in [1.54, 1.807) is 54.5 Å². The summed E-state index contributed by atoms with van der Waals surface area (Å²) in [5.41, 5.74) is -0.517. The maximum atomic E-state index is 14.3. The van der Waals surface area contributed by atoms with E-state index in [0.29, 0.717) is 48.7 Å². The zero-order chi connectivity index (χ0) is 26.6. The van der Waals surface area contributed by atoms with E-state index in [1.807, 2.05) is 19.1 Å². The number of likely N-dealkylation sites (tertiary alicyclic amines) is 1. The van der Waals surface area contributed by atoms with Gasteiger partial charge in [-0.05, 0) is 43.2 Å². The highest BCUT2D eigenvalue weighted by molar-refractivity contribution is 6.50. The summed E-state index contributed by atoms with van der Waals surface area (Å²) in [6.07, 6.45) is 3.65. The average Bonchev–Trinajstić information content (AvgIpc) is 3.29. The van der Waals surface area contributed by atoms with Gasteiger partial charge in [0.1, 0.15) is 18.1 Å². The molecule has 1 atom stereocenters. The van der Waals surface area contributed by atoms with Crippen molar-refractivity contribution in [3.8, 4) is 5.75 Å². The number of carbonyl (C=O) groups excluding carboxylic acids is 3. The number of ketones is 1. The number of hydrogen-bond acceptors (Lipinski definition) is 6. The molecule has 1 spiro atoms. The Hall–Kier alpha value is -3.91. The van der Waals surface area contributed by atoms with Crippen LogP contribution in [-0.4, -0.2) is 61.0 Å². The number of ether oxygens (including phenoxy) is 2. The lowest BCUT2D eigenvalue weighted by molar-refractivity contribution is -0.143. The van der Waals surface area contributed by atoms with E-state index in [-0.39, 0.29) is 12.1 Å². The van der Waals surface area contributed by atoms with Crippen molar-refractivity contribution in [2.45, 2.75) is 31.7 Å². The van der Waals surface area contributed by atoms with Gasteiger partial charge in [0.25, 0.3) is 17.6 Å². The maximum Gasteiger partial charge on any atom is 0.296 e. The molecule has 8 nitrogen and oxygen atoms in total. The molecule has 4 rings (SSSR count). The van der Waals surface area contributed by atoms with Crippen molar-refractivity contribution in [1.29, 1.82) is 0 Å². The zero-order valence-corrected chi connectivity index (χ0v) is 21.2. The Kier molecular flexibility index (Phi) is 7.78. The van der Waals surface area contributed by atoms with Crippen molar-refractivity contribution in [1.82, 2.24) is 4.90 Å². The van der Waals surface area contributed by atoms with Crippen LogP contribution in [0.25, 0.3) is 5.76 Å². The van der Waals surface area contributed by atoms with Crippen LogP contribution in [0.15, 0.2) is 66.8 Å². The van der Waals surface area contributed by atoms with Gasteiger partial charge in [0, 0.05) is 37.9 Å². The first-order chi connectivity index (χ1) is 17.9. The summed E-state index contributed by atoms with van der Waals surface area (Å²) in [6.45, 7) is 6.87. The molecule has 2 aliphatic rings. The summed E-state index contributed by atoms with van der Waals surface area (Å²) in [5, 5.41) is 11.5. The molecule has 0 aliphatic carbocycles. The second kappa shape index (κ2) is 11.0. The molecule has 2 heterocycles. The molecule has 2 amide bonds. The lowest BCUT2D eigenvalue weighted by Gasteiger charge is -2.34. The highest BCUT2D eigenvalue weighted by atomic mass is 16.5. The highest BCUT2D eigenvalue weighted by Crippen LogP contribution is 2.53. The minimum atomic E-state index is -1.76. The molecule has 194 valence electrons. The van der Waals surface area contributed by atoms with Crippen LogP contribution < -0.4 is 9.64 Å². The minimum Gasteiger partial charge on any atom is -0.507 e. The molecular formula is C29H32N2O6. The van der Waals surface area contributed by atoms with Gasteiger partial charge in [-0.15, -0.1) is 0 Å². The van der Waals surface area contributed by atoms with Crippen LogP contribution in [0.1, 0.15) is 37.3 Å². The van der Waals surface area contributed by atoms with Crippen molar-refractivity contribution in [3.63, 3.8) is 0 Å². The van der Waals surface area contributed by atoms with Gasteiger partial charge in [0.2, 0.25) is 0 Å². The largest absolute Gasteiger partial charge is 0.507 e. The van der Waals surface area contributed by atoms with Gasteiger partial charge < -0.3 is 24.4 Å². The van der Waals surface area contributed by atoms with Gasteiger partial charge in [-0.1, -0.05) is 44.2 Å². The van der Waals surface area contributed by atoms with Gasteiger partial charge >= 0.3 is 0 Å². The molecule has 0 bridgehead atoms. The normalized spacial score (nSPS) is 20.1. The number of para-hydroxylation sites is 1. The lowest BCUT2D eigenvalue weighted by atomic mass is 9.82. The Morgan fingerprint density at radius 3 is 2.46 bits per heavy atom. The van der Waals surface area contributed by atoms with Crippen LogP contribution in [0.2, 0.25) is 0 Å². The molecule has 2 aliphatic heterocycles. The van der Waals surface area contributed by atoms with Crippen LogP contribution in [0, 0.1) is 0 Å². The first kappa shape index (κ1) is 26.2. The van der Waals surface area contributed by atoms with Gasteiger partial charge in [-0.3, -0.25) is 14.4 Å². The molecule has 1 unspecified atom stereocenters. The standard InChI is InChI=1S/C29H32N2O6/c1-4-6-16-30-23-11-8-7-10-22(23)29(28(30)35)24(26(33)27(34)31(29)17-9-19-36-3)25(32)20-12-14-21(15-13-20)37-18-5-2/h5,7-8,10-15,32H,2,4,6,9,16-19H2,1,3H3/b25-24-. The summed E-state index contributed by atoms with van der Waals surface area (Å²) in [4.78, 5) is 44.3. The number of rotatable bonds is 11. The number of hydrogen-bond donors (Lipinski definition) is 1. The van der Waals surface area contributed by atoms with Gasteiger partial charge in [0.05, 0.1) is 11.3 Å². The fraction of sp³-hybridized carbons (Fsp3) is 0.345. The average molecular weight is 505 g/mol. The Labute approximate surface area is 216 Å². The maximum absolute atomic E-state index is 14.3. The quantitative estimate of drug-likeness (QED) is 0.163. The van der Waals surface area contributed by atoms with Crippen molar-refractivity contribution < 1.29 is 29.0 Å². The second-order valence-electron chi connectivity index (χ2n) is 9.02. The number of amides is 2. The third-order valence-electron chi connectivity index (χ3n) is 6.77. The first-order valence-corrected chi connectivity index (χ1v) is 12.5. The molecule has 37 heavy (non-hydrogen) atoms. The van der Waals surface area contributed by atoms with E-state index in [1.165, 1.54) is 4.90 Å². The first-order valence-electron chi connectivity index (χ1n) is 12.5. The Morgan fingerprint density at radius 1 is 1.05 bits per heavy atom. The topological polar surface area (TPSA) is 96.4 Å².